The molecule has 0 radical (unpaired) electrons. The van der Waals surface area contributed by atoms with Gasteiger partial charge in [-0.25, -0.2) is 0 Å². The van der Waals surface area contributed by atoms with Gasteiger partial charge in [0, 0.05) is 45.2 Å². The summed E-state index contributed by atoms with van der Waals surface area (Å²) in [7, 11) is 0. The van der Waals surface area contributed by atoms with Gasteiger partial charge < -0.3 is 29.9 Å². The fraction of sp³-hybridized carbons (Fsp3) is 0.545. The molecule has 2 amide bonds. The summed E-state index contributed by atoms with van der Waals surface area (Å²) in [6.45, 7) is 4.80. The third-order valence-electron chi connectivity index (χ3n) is 5.01. The summed E-state index contributed by atoms with van der Waals surface area (Å²) in [5, 5.41) is 22.8. The Bertz CT molecular complexity index is 772. The van der Waals surface area contributed by atoms with Gasteiger partial charge in [-0.05, 0) is 54.1 Å². The van der Waals surface area contributed by atoms with E-state index in [-0.39, 0.29) is 31.4 Å². The molecule has 9 heteroatoms. The van der Waals surface area contributed by atoms with Crippen LogP contribution in [0.1, 0.15) is 26.7 Å². The van der Waals surface area contributed by atoms with Crippen molar-refractivity contribution >= 4 is 34.4 Å². The SMILES string of the molecule is CCOCCCN(C(C)=O)C1CC(C(=O)NCCO)=CC(Oc2ccccc2I)C1O. The van der Waals surface area contributed by atoms with Crippen LogP contribution in [0.4, 0.5) is 0 Å². The van der Waals surface area contributed by atoms with E-state index in [2.05, 4.69) is 27.9 Å². The van der Waals surface area contributed by atoms with Crippen LogP contribution in [0, 0.1) is 3.57 Å². The average molecular weight is 546 g/mol. The molecule has 3 N–H and O–H groups in total. The number of aliphatic hydroxyl groups excluding tert-OH is 2. The number of amides is 2. The maximum atomic E-state index is 12.6. The molecule has 8 nitrogen and oxygen atoms in total. The van der Waals surface area contributed by atoms with E-state index in [9.17, 15) is 14.7 Å². The van der Waals surface area contributed by atoms with Crippen molar-refractivity contribution in [3.63, 3.8) is 0 Å². The molecule has 0 heterocycles. The summed E-state index contributed by atoms with van der Waals surface area (Å²) < 4.78 is 12.3. The Kier molecular flexibility index (Phi) is 10.7. The van der Waals surface area contributed by atoms with Crippen LogP contribution in [-0.4, -0.2) is 78.1 Å². The molecule has 3 unspecified atom stereocenters. The lowest BCUT2D eigenvalue weighted by molar-refractivity contribution is -0.136. The average Bonchev–Trinajstić information content (AvgIpc) is 2.75. The van der Waals surface area contributed by atoms with Gasteiger partial charge in [-0.2, -0.15) is 0 Å². The summed E-state index contributed by atoms with van der Waals surface area (Å²) >= 11 is 2.14. The van der Waals surface area contributed by atoms with Crippen molar-refractivity contribution in [3.8, 4) is 5.75 Å². The first-order chi connectivity index (χ1) is 14.9. The third-order valence-corrected chi connectivity index (χ3v) is 5.90. The highest BCUT2D eigenvalue weighted by Gasteiger charge is 2.39. The topological polar surface area (TPSA) is 108 Å². The van der Waals surface area contributed by atoms with E-state index in [1.165, 1.54) is 6.92 Å². The Hall–Kier alpha value is -1.69. The Morgan fingerprint density at radius 3 is 2.71 bits per heavy atom. The first-order valence-electron chi connectivity index (χ1n) is 10.4. The number of halogens is 1. The summed E-state index contributed by atoms with van der Waals surface area (Å²) in [6, 6.07) is 6.77. The molecule has 0 fully saturated rings. The quantitative estimate of drug-likeness (QED) is 0.287. The number of para-hydroxylation sites is 1. The minimum absolute atomic E-state index is 0.121. The highest BCUT2D eigenvalue weighted by Crippen LogP contribution is 2.29. The van der Waals surface area contributed by atoms with Crippen LogP contribution in [0.25, 0.3) is 0 Å². The largest absolute Gasteiger partial charge is 0.482 e. The molecule has 3 atom stereocenters. The van der Waals surface area contributed by atoms with Crippen LogP contribution in [0.2, 0.25) is 0 Å². The van der Waals surface area contributed by atoms with Crippen LogP contribution in [0.3, 0.4) is 0 Å². The molecule has 1 aromatic carbocycles. The zero-order chi connectivity index (χ0) is 22.8. The molecule has 2 rings (SSSR count). The maximum absolute atomic E-state index is 12.6. The maximum Gasteiger partial charge on any atom is 0.247 e. The molecule has 1 aliphatic rings. The van der Waals surface area contributed by atoms with E-state index < -0.39 is 18.2 Å². The molecule has 0 saturated carbocycles. The van der Waals surface area contributed by atoms with Gasteiger partial charge in [-0.1, -0.05) is 12.1 Å². The normalized spacial score (nSPS) is 20.7. The smallest absolute Gasteiger partial charge is 0.247 e. The molecule has 0 spiro atoms. The van der Waals surface area contributed by atoms with Gasteiger partial charge in [0.05, 0.1) is 16.2 Å². The van der Waals surface area contributed by atoms with E-state index in [0.717, 1.165) is 3.57 Å². The van der Waals surface area contributed by atoms with E-state index >= 15 is 0 Å². The monoisotopic (exact) mass is 546 g/mol. The molecule has 0 bridgehead atoms. The van der Waals surface area contributed by atoms with Gasteiger partial charge in [0.2, 0.25) is 11.8 Å². The molecule has 0 aromatic heterocycles. The summed E-state index contributed by atoms with van der Waals surface area (Å²) in [4.78, 5) is 26.6. The molecule has 31 heavy (non-hydrogen) atoms. The zero-order valence-electron chi connectivity index (χ0n) is 17.9. The van der Waals surface area contributed by atoms with Crippen molar-refractivity contribution in [3.05, 3.63) is 39.5 Å². The van der Waals surface area contributed by atoms with E-state index in [1.54, 1.807) is 17.0 Å². The summed E-state index contributed by atoms with van der Waals surface area (Å²) in [5.41, 5.74) is 0.413. The lowest BCUT2D eigenvalue weighted by atomic mass is 9.88. The molecular formula is C22H31IN2O6. The van der Waals surface area contributed by atoms with Crippen molar-refractivity contribution in [2.45, 2.75) is 44.9 Å². The number of benzene rings is 1. The highest BCUT2D eigenvalue weighted by molar-refractivity contribution is 14.1. The van der Waals surface area contributed by atoms with Gasteiger partial charge in [-0.15, -0.1) is 0 Å². The second-order valence-electron chi connectivity index (χ2n) is 7.21. The number of rotatable bonds is 11. The van der Waals surface area contributed by atoms with E-state index in [4.69, 9.17) is 14.6 Å². The van der Waals surface area contributed by atoms with Crippen LogP contribution in [0.5, 0.6) is 5.75 Å². The van der Waals surface area contributed by atoms with E-state index in [1.807, 2.05) is 25.1 Å². The molecule has 172 valence electrons. The van der Waals surface area contributed by atoms with Gasteiger partial charge in [-0.3, -0.25) is 9.59 Å². The Morgan fingerprint density at radius 2 is 2.06 bits per heavy atom. The van der Waals surface area contributed by atoms with Gasteiger partial charge in [0.15, 0.2) is 0 Å². The number of carbonyl (C=O) groups is 2. The number of ether oxygens (including phenoxy) is 2. The number of nitrogens with zero attached hydrogens (tertiary/aromatic N) is 1. The fourth-order valence-electron chi connectivity index (χ4n) is 3.50. The molecule has 0 aliphatic heterocycles. The Morgan fingerprint density at radius 1 is 1.32 bits per heavy atom. The van der Waals surface area contributed by atoms with Crippen molar-refractivity contribution in [2.75, 3.05) is 32.9 Å². The molecular weight excluding hydrogens is 515 g/mol. The lowest BCUT2D eigenvalue weighted by Crippen LogP contribution is -2.55. The number of hydrogen-bond donors (Lipinski definition) is 3. The molecule has 0 saturated heterocycles. The standard InChI is InChI=1S/C22H31IN2O6/c1-3-30-12-6-10-25(15(2)27)18-13-16(22(29)24-9-11-26)14-20(21(18)28)31-19-8-5-4-7-17(19)23/h4-5,7-8,14,18,20-21,26,28H,3,6,9-13H2,1-2H3,(H,24,29). The number of carbonyl (C=O) groups excluding carboxylic acids is 2. The van der Waals surface area contributed by atoms with Crippen molar-refractivity contribution < 1.29 is 29.3 Å². The predicted octanol–water partition coefficient (Wildman–Crippen LogP) is 1.48. The highest BCUT2D eigenvalue weighted by atomic mass is 127. The van der Waals surface area contributed by atoms with Crippen molar-refractivity contribution in [2.24, 2.45) is 0 Å². The zero-order valence-corrected chi connectivity index (χ0v) is 20.1. The first-order valence-corrected chi connectivity index (χ1v) is 11.5. The van der Waals surface area contributed by atoms with Gasteiger partial charge in [0.25, 0.3) is 0 Å². The summed E-state index contributed by atoms with van der Waals surface area (Å²) in [6.07, 6.45) is 0.599. The molecule has 1 aromatic rings. The predicted molar refractivity (Wildman–Crippen MR) is 125 cm³/mol. The van der Waals surface area contributed by atoms with Gasteiger partial charge in [0.1, 0.15) is 18.0 Å². The van der Waals surface area contributed by atoms with Crippen LogP contribution >= 0.6 is 22.6 Å². The third kappa shape index (κ3) is 7.44. The Labute approximate surface area is 196 Å². The van der Waals surface area contributed by atoms with Crippen LogP contribution < -0.4 is 10.1 Å². The number of hydrogen-bond acceptors (Lipinski definition) is 6. The fourth-order valence-corrected chi connectivity index (χ4v) is 4.02. The second kappa shape index (κ2) is 13.0. The first kappa shape index (κ1) is 25.6. The van der Waals surface area contributed by atoms with Crippen LogP contribution in [0.15, 0.2) is 35.9 Å². The number of aliphatic hydroxyl groups is 2. The Balaban J connectivity index is 2.28. The van der Waals surface area contributed by atoms with Crippen LogP contribution in [-0.2, 0) is 14.3 Å². The van der Waals surface area contributed by atoms with Crippen molar-refractivity contribution in [1.82, 2.24) is 10.2 Å². The summed E-state index contributed by atoms with van der Waals surface area (Å²) in [5.74, 6) is 0.0515. The van der Waals surface area contributed by atoms with E-state index in [0.29, 0.717) is 37.5 Å². The van der Waals surface area contributed by atoms with Crippen molar-refractivity contribution in [1.29, 1.82) is 0 Å². The van der Waals surface area contributed by atoms with Gasteiger partial charge >= 0.3 is 0 Å². The second-order valence-corrected chi connectivity index (χ2v) is 8.37. The molecule has 1 aliphatic carbocycles. The number of nitrogens with one attached hydrogen (secondary N) is 1. The lowest BCUT2D eigenvalue weighted by Gasteiger charge is -2.40. The minimum atomic E-state index is -1.01. The minimum Gasteiger partial charge on any atom is -0.482 e.